The normalized spacial score (nSPS) is 16.4. The molecule has 1 fully saturated rings. The second-order valence-corrected chi connectivity index (χ2v) is 5.99. The van der Waals surface area contributed by atoms with Crippen molar-refractivity contribution in [1.82, 2.24) is 25.6 Å². The topological polar surface area (TPSA) is 71.8 Å². The van der Waals surface area contributed by atoms with Crippen molar-refractivity contribution in [3.05, 3.63) is 11.9 Å². The Kier molecular flexibility index (Phi) is 5.11. The van der Waals surface area contributed by atoms with Crippen molar-refractivity contribution in [3.8, 4) is 0 Å². The molecule has 6 nitrogen and oxygen atoms in total. The molecule has 1 atom stereocenters. The number of amides is 1. The monoisotopic (exact) mass is 279 g/mol. The van der Waals surface area contributed by atoms with Crippen molar-refractivity contribution >= 4 is 5.91 Å². The summed E-state index contributed by atoms with van der Waals surface area (Å²) in [5.74, 6) is 0.592. The molecule has 2 N–H and O–H groups in total. The average Bonchev–Trinajstić information content (AvgIpc) is 3.12. The van der Waals surface area contributed by atoms with E-state index in [0.29, 0.717) is 18.5 Å². The van der Waals surface area contributed by atoms with Gasteiger partial charge in [0.15, 0.2) is 0 Å². The van der Waals surface area contributed by atoms with Crippen molar-refractivity contribution < 1.29 is 4.79 Å². The Balaban J connectivity index is 1.78. The third-order valence-corrected chi connectivity index (χ3v) is 3.50. The molecule has 20 heavy (non-hydrogen) atoms. The molecule has 0 radical (unpaired) electrons. The van der Waals surface area contributed by atoms with Crippen molar-refractivity contribution in [2.75, 3.05) is 6.54 Å². The summed E-state index contributed by atoms with van der Waals surface area (Å²) in [6, 6.07) is 0.334. The smallest absolute Gasteiger partial charge is 0.244 e. The number of nitrogens with one attached hydrogen (secondary N) is 2. The van der Waals surface area contributed by atoms with Crippen molar-refractivity contribution in [1.29, 1.82) is 0 Å². The number of nitrogens with zero attached hydrogens (tertiary/aromatic N) is 3. The predicted molar refractivity (Wildman–Crippen MR) is 77.1 cm³/mol. The highest BCUT2D eigenvalue weighted by molar-refractivity contribution is 5.79. The first-order chi connectivity index (χ1) is 9.56. The van der Waals surface area contributed by atoms with E-state index in [1.807, 2.05) is 13.1 Å². The third kappa shape index (κ3) is 4.59. The van der Waals surface area contributed by atoms with E-state index in [2.05, 4.69) is 34.8 Å². The highest BCUT2D eigenvalue weighted by Crippen LogP contribution is 2.19. The number of carbonyl (C=O) groups excluding carboxylic acids is 1. The Hall–Kier alpha value is -1.43. The summed E-state index contributed by atoms with van der Waals surface area (Å²) in [7, 11) is 0. The van der Waals surface area contributed by atoms with Crippen LogP contribution in [0.25, 0.3) is 0 Å². The molecule has 2 rings (SSSR count). The van der Waals surface area contributed by atoms with Gasteiger partial charge in [0.05, 0.1) is 11.9 Å². The summed E-state index contributed by atoms with van der Waals surface area (Å²) in [5.41, 5.74) is 0.888. The van der Waals surface area contributed by atoms with Crippen LogP contribution in [0.15, 0.2) is 6.20 Å². The SMILES string of the molecule is CC(C)CCNC(=O)C(C)n1cc(CNC2CC2)nn1. The zero-order valence-electron chi connectivity index (χ0n) is 12.6. The predicted octanol–water partition coefficient (Wildman–Crippen LogP) is 1.25. The lowest BCUT2D eigenvalue weighted by atomic mass is 10.1. The maximum Gasteiger partial charge on any atom is 0.244 e. The summed E-state index contributed by atoms with van der Waals surface area (Å²) in [4.78, 5) is 12.0. The lowest BCUT2D eigenvalue weighted by Gasteiger charge is -2.12. The fraction of sp³-hybridized carbons (Fsp3) is 0.786. The maximum absolute atomic E-state index is 12.0. The van der Waals surface area contributed by atoms with Gasteiger partial charge in [-0.2, -0.15) is 0 Å². The number of hydrogen-bond donors (Lipinski definition) is 2. The van der Waals surface area contributed by atoms with E-state index in [4.69, 9.17) is 0 Å². The molecular weight excluding hydrogens is 254 g/mol. The summed E-state index contributed by atoms with van der Waals surface area (Å²) in [6.07, 6.45) is 5.35. The molecule has 1 aromatic rings. The van der Waals surface area contributed by atoms with Crippen LogP contribution in [0, 0.1) is 5.92 Å². The fourth-order valence-electron chi connectivity index (χ4n) is 1.87. The van der Waals surface area contributed by atoms with E-state index in [0.717, 1.165) is 18.7 Å². The zero-order valence-corrected chi connectivity index (χ0v) is 12.6. The van der Waals surface area contributed by atoms with E-state index < -0.39 is 0 Å². The van der Waals surface area contributed by atoms with Crippen LogP contribution in [-0.4, -0.2) is 33.5 Å². The molecule has 1 heterocycles. The number of carbonyl (C=O) groups is 1. The Morgan fingerprint density at radius 2 is 2.20 bits per heavy atom. The molecule has 0 bridgehead atoms. The summed E-state index contributed by atoms with van der Waals surface area (Å²) < 4.78 is 1.63. The lowest BCUT2D eigenvalue weighted by molar-refractivity contribution is -0.124. The van der Waals surface area contributed by atoms with E-state index in [1.54, 1.807) is 4.68 Å². The molecule has 0 saturated heterocycles. The minimum atomic E-state index is -0.315. The van der Waals surface area contributed by atoms with Crippen molar-refractivity contribution in [3.63, 3.8) is 0 Å². The van der Waals surface area contributed by atoms with Crippen LogP contribution in [0.1, 0.15) is 51.8 Å². The van der Waals surface area contributed by atoms with Gasteiger partial charge >= 0.3 is 0 Å². The molecule has 6 heteroatoms. The van der Waals surface area contributed by atoms with Crippen LogP contribution >= 0.6 is 0 Å². The maximum atomic E-state index is 12.0. The van der Waals surface area contributed by atoms with Gasteiger partial charge in [0, 0.05) is 19.1 Å². The standard InChI is InChI=1S/C14H25N5O/c1-10(2)6-7-15-14(20)11(3)19-9-13(17-18-19)8-16-12-4-5-12/h9-12,16H,4-8H2,1-3H3,(H,15,20). The van der Waals surface area contributed by atoms with Crippen molar-refractivity contribution in [2.45, 2.75) is 58.7 Å². The van der Waals surface area contributed by atoms with Gasteiger partial charge < -0.3 is 10.6 Å². The van der Waals surface area contributed by atoms with Gasteiger partial charge in [-0.15, -0.1) is 5.10 Å². The third-order valence-electron chi connectivity index (χ3n) is 3.50. The molecule has 0 aromatic carbocycles. The van der Waals surface area contributed by atoms with Crippen LogP contribution in [-0.2, 0) is 11.3 Å². The minimum Gasteiger partial charge on any atom is -0.354 e. The Morgan fingerprint density at radius 1 is 1.45 bits per heavy atom. The quantitative estimate of drug-likeness (QED) is 0.751. The van der Waals surface area contributed by atoms with Gasteiger partial charge in [-0.3, -0.25) is 4.79 Å². The van der Waals surface area contributed by atoms with Gasteiger partial charge in [-0.25, -0.2) is 4.68 Å². The summed E-state index contributed by atoms with van der Waals surface area (Å²) in [6.45, 7) is 7.58. The van der Waals surface area contributed by atoms with E-state index in [-0.39, 0.29) is 11.9 Å². The van der Waals surface area contributed by atoms with Gasteiger partial charge in [0.25, 0.3) is 0 Å². The van der Waals surface area contributed by atoms with Crippen LogP contribution in [0.3, 0.4) is 0 Å². The molecular formula is C14H25N5O. The second-order valence-electron chi connectivity index (χ2n) is 5.99. The molecule has 1 aliphatic rings. The highest BCUT2D eigenvalue weighted by Gasteiger charge is 2.21. The largest absolute Gasteiger partial charge is 0.354 e. The zero-order chi connectivity index (χ0) is 14.5. The lowest BCUT2D eigenvalue weighted by Crippen LogP contribution is -2.32. The number of hydrogen-bond acceptors (Lipinski definition) is 4. The first kappa shape index (κ1) is 15.0. The van der Waals surface area contributed by atoms with E-state index in [1.165, 1.54) is 12.8 Å². The Bertz CT molecular complexity index is 439. The fourth-order valence-corrected chi connectivity index (χ4v) is 1.87. The van der Waals surface area contributed by atoms with E-state index in [9.17, 15) is 4.79 Å². The first-order valence-electron chi connectivity index (χ1n) is 7.48. The molecule has 1 unspecified atom stereocenters. The molecule has 0 spiro atoms. The molecule has 1 amide bonds. The second kappa shape index (κ2) is 6.83. The van der Waals surface area contributed by atoms with E-state index >= 15 is 0 Å². The Morgan fingerprint density at radius 3 is 2.85 bits per heavy atom. The molecule has 0 aliphatic heterocycles. The van der Waals surface area contributed by atoms with Gasteiger partial charge in [0.2, 0.25) is 5.91 Å². The van der Waals surface area contributed by atoms with Crippen LogP contribution in [0.5, 0.6) is 0 Å². The van der Waals surface area contributed by atoms with Gasteiger partial charge in [-0.05, 0) is 32.1 Å². The van der Waals surface area contributed by atoms with Crippen LogP contribution < -0.4 is 10.6 Å². The van der Waals surface area contributed by atoms with Crippen molar-refractivity contribution in [2.24, 2.45) is 5.92 Å². The minimum absolute atomic E-state index is 0.00254. The molecule has 112 valence electrons. The highest BCUT2D eigenvalue weighted by atomic mass is 16.2. The summed E-state index contributed by atoms with van der Waals surface area (Å²) in [5, 5.41) is 14.5. The first-order valence-corrected chi connectivity index (χ1v) is 7.48. The molecule has 1 aliphatic carbocycles. The number of rotatable bonds is 8. The van der Waals surface area contributed by atoms with Gasteiger partial charge in [-0.1, -0.05) is 19.1 Å². The molecule has 1 saturated carbocycles. The summed E-state index contributed by atoms with van der Waals surface area (Å²) >= 11 is 0. The van der Waals surface area contributed by atoms with Crippen LogP contribution in [0.2, 0.25) is 0 Å². The Labute approximate surface area is 120 Å². The van der Waals surface area contributed by atoms with Crippen LogP contribution in [0.4, 0.5) is 0 Å². The molecule has 1 aromatic heterocycles. The van der Waals surface area contributed by atoms with Gasteiger partial charge in [0.1, 0.15) is 6.04 Å². The average molecular weight is 279 g/mol. The number of aromatic nitrogens is 3.